The minimum atomic E-state index is -4.56. The molecular formula is C16H19F3N2O4. The van der Waals surface area contributed by atoms with Crippen molar-refractivity contribution in [2.24, 2.45) is 0 Å². The van der Waals surface area contributed by atoms with E-state index in [1.165, 1.54) is 30.0 Å². The smallest absolute Gasteiger partial charge is 0.419 e. The molecule has 6 nitrogen and oxygen atoms in total. The van der Waals surface area contributed by atoms with Crippen molar-refractivity contribution in [1.82, 2.24) is 10.2 Å². The van der Waals surface area contributed by atoms with Crippen LogP contribution in [-0.4, -0.2) is 49.2 Å². The highest BCUT2D eigenvalue weighted by Crippen LogP contribution is 2.36. The Morgan fingerprint density at radius 3 is 2.76 bits per heavy atom. The van der Waals surface area contributed by atoms with Crippen LogP contribution in [0.1, 0.15) is 18.9 Å². The summed E-state index contributed by atoms with van der Waals surface area (Å²) in [6.07, 6.45) is -5.52. The monoisotopic (exact) mass is 360 g/mol. The summed E-state index contributed by atoms with van der Waals surface area (Å²) in [5.41, 5.74) is -0.929. The lowest BCUT2D eigenvalue weighted by atomic mass is 10.2. The summed E-state index contributed by atoms with van der Waals surface area (Å²) in [6.45, 7) is 2.96. The molecule has 138 valence electrons. The summed E-state index contributed by atoms with van der Waals surface area (Å²) in [7, 11) is 0. The van der Waals surface area contributed by atoms with Gasteiger partial charge in [0.1, 0.15) is 12.4 Å². The average molecular weight is 360 g/mol. The van der Waals surface area contributed by atoms with Crippen LogP contribution >= 0.6 is 0 Å². The van der Waals surface area contributed by atoms with Gasteiger partial charge in [-0.1, -0.05) is 12.1 Å². The van der Waals surface area contributed by atoms with Crippen LogP contribution in [0.4, 0.5) is 18.0 Å². The number of para-hydroxylation sites is 1. The van der Waals surface area contributed by atoms with Crippen molar-refractivity contribution >= 4 is 12.0 Å². The molecule has 1 N–H and O–H groups in total. The molecule has 1 heterocycles. The van der Waals surface area contributed by atoms with Gasteiger partial charge < -0.3 is 19.7 Å². The molecule has 1 aliphatic rings. The summed E-state index contributed by atoms with van der Waals surface area (Å²) in [5.74, 6) is -0.918. The van der Waals surface area contributed by atoms with Gasteiger partial charge in [0.05, 0.1) is 12.1 Å². The van der Waals surface area contributed by atoms with Crippen molar-refractivity contribution in [3.05, 3.63) is 29.8 Å². The highest BCUT2D eigenvalue weighted by Gasteiger charge is 2.34. The molecule has 0 radical (unpaired) electrons. The topological polar surface area (TPSA) is 67.9 Å². The number of nitrogens with one attached hydrogen (secondary N) is 1. The second-order valence-electron chi connectivity index (χ2n) is 5.50. The van der Waals surface area contributed by atoms with Gasteiger partial charge in [-0.05, 0) is 25.5 Å². The number of carbonyl (C=O) groups excluding carboxylic acids is 2. The number of rotatable bonds is 7. The van der Waals surface area contributed by atoms with E-state index in [0.717, 1.165) is 6.07 Å². The van der Waals surface area contributed by atoms with Crippen molar-refractivity contribution in [2.75, 3.05) is 26.2 Å². The first-order valence-electron chi connectivity index (χ1n) is 7.81. The van der Waals surface area contributed by atoms with Gasteiger partial charge in [-0.2, -0.15) is 13.2 Å². The predicted octanol–water partition coefficient (Wildman–Crippen LogP) is 2.43. The summed E-state index contributed by atoms with van der Waals surface area (Å²) in [6, 6.07) is 4.73. The number of hydrogen-bond acceptors (Lipinski definition) is 4. The Bertz CT molecular complexity index is 622. The molecule has 25 heavy (non-hydrogen) atoms. The van der Waals surface area contributed by atoms with Crippen LogP contribution < -0.4 is 10.1 Å². The Morgan fingerprint density at radius 2 is 2.12 bits per heavy atom. The van der Waals surface area contributed by atoms with Gasteiger partial charge >= 0.3 is 12.3 Å². The van der Waals surface area contributed by atoms with E-state index in [4.69, 9.17) is 9.47 Å². The number of benzene rings is 1. The quantitative estimate of drug-likeness (QED) is 0.759. The Morgan fingerprint density at radius 1 is 1.40 bits per heavy atom. The number of alkyl halides is 3. The minimum Gasteiger partial charge on any atom is -0.480 e. The highest BCUT2D eigenvalue weighted by atomic mass is 19.4. The van der Waals surface area contributed by atoms with Gasteiger partial charge in [0.25, 0.3) is 5.91 Å². The molecule has 0 aromatic heterocycles. The molecule has 1 saturated heterocycles. The minimum absolute atomic E-state index is 0.275. The van der Waals surface area contributed by atoms with E-state index in [1.54, 1.807) is 0 Å². The zero-order chi connectivity index (χ0) is 18.4. The van der Waals surface area contributed by atoms with Crippen molar-refractivity contribution in [1.29, 1.82) is 0 Å². The third-order valence-corrected chi connectivity index (χ3v) is 3.61. The molecule has 1 aromatic carbocycles. The molecule has 1 aliphatic heterocycles. The van der Waals surface area contributed by atoms with E-state index in [-0.39, 0.29) is 12.6 Å². The number of hydrogen-bond donors (Lipinski definition) is 1. The summed E-state index contributed by atoms with van der Waals surface area (Å²) >= 11 is 0. The second kappa shape index (κ2) is 8.09. The maximum Gasteiger partial charge on any atom is 0.419 e. The molecule has 0 aliphatic carbocycles. The van der Waals surface area contributed by atoms with Gasteiger partial charge in [0.2, 0.25) is 0 Å². The molecule has 0 spiro atoms. The van der Waals surface area contributed by atoms with Gasteiger partial charge in [0.15, 0.2) is 6.10 Å². The largest absolute Gasteiger partial charge is 0.480 e. The van der Waals surface area contributed by atoms with Gasteiger partial charge in [-0.3, -0.25) is 4.79 Å². The summed E-state index contributed by atoms with van der Waals surface area (Å²) in [5, 5.41) is 2.58. The van der Waals surface area contributed by atoms with E-state index < -0.39 is 29.5 Å². The van der Waals surface area contributed by atoms with Crippen molar-refractivity contribution in [3.8, 4) is 5.75 Å². The van der Waals surface area contributed by atoms with Crippen LogP contribution in [-0.2, 0) is 15.7 Å². The zero-order valence-corrected chi connectivity index (χ0v) is 13.6. The van der Waals surface area contributed by atoms with E-state index in [1.807, 2.05) is 0 Å². The Labute approximate surface area is 142 Å². The average Bonchev–Trinajstić information content (AvgIpc) is 2.96. The normalized spacial score (nSPS) is 15.7. The predicted molar refractivity (Wildman–Crippen MR) is 82.1 cm³/mol. The van der Waals surface area contributed by atoms with Gasteiger partial charge in [-0.25, -0.2) is 4.79 Å². The maximum absolute atomic E-state index is 12.9. The Hall–Kier alpha value is -2.45. The molecule has 9 heteroatoms. The van der Waals surface area contributed by atoms with Crippen LogP contribution in [0, 0.1) is 0 Å². The molecule has 1 aromatic rings. The molecule has 1 atom stereocenters. The highest BCUT2D eigenvalue weighted by molar-refractivity contribution is 5.80. The van der Waals surface area contributed by atoms with Crippen LogP contribution in [0.2, 0.25) is 0 Å². The van der Waals surface area contributed by atoms with E-state index >= 15 is 0 Å². The third-order valence-electron chi connectivity index (χ3n) is 3.61. The number of ether oxygens (including phenoxy) is 2. The first-order chi connectivity index (χ1) is 11.8. The molecule has 1 unspecified atom stereocenters. The lowest BCUT2D eigenvalue weighted by Crippen LogP contribution is -2.38. The first kappa shape index (κ1) is 18.9. The fourth-order valence-corrected chi connectivity index (χ4v) is 2.30. The van der Waals surface area contributed by atoms with E-state index in [0.29, 0.717) is 26.1 Å². The lowest BCUT2D eigenvalue weighted by molar-refractivity contribution is -0.140. The fourth-order valence-electron chi connectivity index (χ4n) is 2.30. The molecule has 1 fully saturated rings. The van der Waals surface area contributed by atoms with Gasteiger partial charge in [0, 0.05) is 13.1 Å². The molecule has 2 amide bonds. The lowest BCUT2D eigenvalue weighted by Gasteiger charge is -2.18. The summed E-state index contributed by atoms with van der Waals surface area (Å²) < 4.78 is 48.7. The first-order valence-corrected chi connectivity index (χ1v) is 7.81. The zero-order valence-electron chi connectivity index (χ0n) is 13.6. The molecule has 0 saturated carbocycles. The number of amides is 2. The number of carbonyl (C=O) groups is 2. The third kappa shape index (κ3) is 5.27. The molecule has 2 rings (SSSR count). The van der Waals surface area contributed by atoms with E-state index in [2.05, 4.69) is 5.32 Å². The fraction of sp³-hybridized carbons (Fsp3) is 0.500. The van der Waals surface area contributed by atoms with E-state index in [9.17, 15) is 22.8 Å². The van der Waals surface area contributed by atoms with Crippen LogP contribution in [0.25, 0.3) is 0 Å². The molecular weight excluding hydrogens is 341 g/mol. The van der Waals surface area contributed by atoms with Gasteiger partial charge in [-0.15, -0.1) is 0 Å². The van der Waals surface area contributed by atoms with Crippen LogP contribution in [0.5, 0.6) is 5.75 Å². The second-order valence-corrected chi connectivity index (χ2v) is 5.50. The number of nitrogens with zero attached hydrogens (tertiary/aromatic N) is 1. The van der Waals surface area contributed by atoms with Crippen molar-refractivity contribution in [2.45, 2.75) is 25.6 Å². The number of cyclic esters (lactones) is 1. The Balaban J connectivity index is 1.80. The van der Waals surface area contributed by atoms with Crippen molar-refractivity contribution < 1.29 is 32.2 Å². The maximum atomic E-state index is 12.9. The SMILES string of the molecule is CC(Oc1ccccc1C(F)(F)F)C(=O)NCCCN1CCOC1=O. The summed E-state index contributed by atoms with van der Waals surface area (Å²) in [4.78, 5) is 24.7. The number of halogens is 3. The van der Waals surface area contributed by atoms with Crippen LogP contribution in [0.3, 0.4) is 0 Å². The molecule has 0 bridgehead atoms. The Kier molecular flexibility index (Phi) is 6.11. The van der Waals surface area contributed by atoms with Crippen LogP contribution in [0.15, 0.2) is 24.3 Å². The standard InChI is InChI=1S/C16H19F3N2O4/c1-11(25-13-6-3-2-5-12(13)16(17,18)19)14(22)20-7-4-8-21-9-10-24-15(21)23/h2-3,5-6,11H,4,7-10H2,1H3,(H,20,22). The van der Waals surface area contributed by atoms with Crippen molar-refractivity contribution in [3.63, 3.8) is 0 Å².